The Kier molecular flexibility index (Phi) is 7.23. The maximum absolute atomic E-state index is 11.7. The lowest BCUT2D eigenvalue weighted by Crippen LogP contribution is -2.31. The van der Waals surface area contributed by atoms with Crippen molar-refractivity contribution in [2.75, 3.05) is 0 Å². The SMILES string of the molecule is CC(CCCC(C)C(=O)O)NC(=O)C=Cc1ccccc1. The second-order valence-corrected chi connectivity index (χ2v) is 5.32. The number of carbonyl (C=O) groups excluding carboxylic acids is 1. The van der Waals surface area contributed by atoms with Gasteiger partial charge in [0.25, 0.3) is 0 Å². The van der Waals surface area contributed by atoms with Gasteiger partial charge >= 0.3 is 5.97 Å². The van der Waals surface area contributed by atoms with E-state index < -0.39 is 5.97 Å². The molecular weight excluding hydrogens is 266 g/mol. The number of benzene rings is 1. The number of nitrogens with one attached hydrogen (secondary N) is 1. The Balaban J connectivity index is 2.28. The first-order chi connectivity index (χ1) is 9.99. The van der Waals surface area contributed by atoms with Gasteiger partial charge in [0.2, 0.25) is 5.91 Å². The number of hydrogen-bond acceptors (Lipinski definition) is 2. The van der Waals surface area contributed by atoms with Crippen molar-refractivity contribution in [2.45, 2.75) is 39.2 Å². The third-order valence-electron chi connectivity index (χ3n) is 3.31. The second kappa shape index (κ2) is 8.95. The minimum Gasteiger partial charge on any atom is -0.481 e. The van der Waals surface area contributed by atoms with Gasteiger partial charge in [-0.2, -0.15) is 0 Å². The molecule has 4 heteroatoms. The van der Waals surface area contributed by atoms with Crippen LogP contribution in [0.15, 0.2) is 36.4 Å². The summed E-state index contributed by atoms with van der Waals surface area (Å²) in [5, 5.41) is 11.7. The van der Waals surface area contributed by atoms with Crippen LogP contribution in [-0.2, 0) is 9.59 Å². The third kappa shape index (κ3) is 7.30. The number of carbonyl (C=O) groups is 2. The summed E-state index contributed by atoms with van der Waals surface area (Å²) in [6.45, 7) is 3.63. The van der Waals surface area contributed by atoms with Crippen molar-refractivity contribution in [3.05, 3.63) is 42.0 Å². The molecule has 2 N–H and O–H groups in total. The molecule has 1 amide bonds. The highest BCUT2D eigenvalue weighted by molar-refractivity contribution is 5.91. The maximum atomic E-state index is 11.7. The Labute approximate surface area is 125 Å². The minimum absolute atomic E-state index is 0.0407. The Hall–Kier alpha value is -2.10. The van der Waals surface area contributed by atoms with Gasteiger partial charge in [0, 0.05) is 12.1 Å². The van der Waals surface area contributed by atoms with Crippen LogP contribution in [0, 0.1) is 5.92 Å². The molecule has 2 atom stereocenters. The smallest absolute Gasteiger partial charge is 0.306 e. The highest BCUT2D eigenvalue weighted by atomic mass is 16.4. The first kappa shape index (κ1) is 17.0. The number of amides is 1. The molecule has 0 aliphatic carbocycles. The highest BCUT2D eigenvalue weighted by Crippen LogP contribution is 2.09. The molecule has 0 bridgehead atoms. The predicted molar refractivity (Wildman–Crippen MR) is 83.7 cm³/mol. The van der Waals surface area contributed by atoms with Crippen molar-refractivity contribution in [1.29, 1.82) is 0 Å². The van der Waals surface area contributed by atoms with E-state index in [0.29, 0.717) is 6.42 Å². The van der Waals surface area contributed by atoms with Crippen LogP contribution in [0.4, 0.5) is 0 Å². The molecule has 0 saturated carbocycles. The summed E-state index contributed by atoms with van der Waals surface area (Å²) in [6.07, 6.45) is 5.50. The molecule has 4 nitrogen and oxygen atoms in total. The van der Waals surface area contributed by atoms with Crippen LogP contribution in [-0.4, -0.2) is 23.0 Å². The Morgan fingerprint density at radius 1 is 1.19 bits per heavy atom. The van der Waals surface area contributed by atoms with Gasteiger partial charge in [-0.05, 0) is 31.4 Å². The monoisotopic (exact) mass is 289 g/mol. The van der Waals surface area contributed by atoms with Crippen molar-refractivity contribution in [3.63, 3.8) is 0 Å². The molecule has 0 spiro atoms. The standard InChI is InChI=1S/C17H23NO3/c1-13(17(20)21)7-6-8-14(2)18-16(19)12-11-15-9-4-3-5-10-15/h3-5,9-14H,6-8H2,1-2H3,(H,18,19)(H,20,21). The quantitative estimate of drug-likeness (QED) is 0.723. The van der Waals surface area contributed by atoms with E-state index in [-0.39, 0.29) is 17.9 Å². The summed E-state index contributed by atoms with van der Waals surface area (Å²) >= 11 is 0. The van der Waals surface area contributed by atoms with Gasteiger partial charge in [0.15, 0.2) is 0 Å². The highest BCUT2D eigenvalue weighted by Gasteiger charge is 2.11. The maximum Gasteiger partial charge on any atom is 0.306 e. The molecule has 0 aliphatic heterocycles. The van der Waals surface area contributed by atoms with Gasteiger partial charge in [-0.15, -0.1) is 0 Å². The molecular formula is C17H23NO3. The summed E-state index contributed by atoms with van der Waals surface area (Å²) in [6, 6.07) is 9.67. The molecule has 2 unspecified atom stereocenters. The van der Waals surface area contributed by atoms with Crippen molar-refractivity contribution in [2.24, 2.45) is 5.92 Å². The van der Waals surface area contributed by atoms with Gasteiger partial charge < -0.3 is 10.4 Å². The summed E-state index contributed by atoms with van der Waals surface area (Å²) in [7, 11) is 0. The fraction of sp³-hybridized carbons (Fsp3) is 0.412. The normalized spacial score (nSPS) is 13.8. The van der Waals surface area contributed by atoms with Crippen molar-refractivity contribution in [1.82, 2.24) is 5.32 Å². The Bertz CT molecular complexity index is 482. The van der Waals surface area contributed by atoms with Crippen LogP contribution < -0.4 is 5.32 Å². The molecule has 1 rings (SSSR count). The molecule has 0 fully saturated rings. The Morgan fingerprint density at radius 2 is 1.86 bits per heavy atom. The average Bonchev–Trinajstić information content (AvgIpc) is 2.46. The van der Waals surface area contributed by atoms with E-state index in [1.54, 1.807) is 13.0 Å². The van der Waals surface area contributed by atoms with Gasteiger partial charge in [0.05, 0.1) is 5.92 Å². The molecule has 114 valence electrons. The molecule has 1 aromatic carbocycles. The van der Waals surface area contributed by atoms with Crippen molar-refractivity contribution in [3.8, 4) is 0 Å². The number of aliphatic carboxylic acids is 1. The second-order valence-electron chi connectivity index (χ2n) is 5.32. The van der Waals surface area contributed by atoms with E-state index in [9.17, 15) is 9.59 Å². The average molecular weight is 289 g/mol. The zero-order valence-corrected chi connectivity index (χ0v) is 12.6. The van der Waals surface area contributed by atoms with Crippen LogP contribution >= 0.6 is 0 Å². The van der Waals surface area contributed by atoms with Crippen LogP contribution in [0.3, 0.4) is 0 Å². The topological polar surface area (TPSA) is 66.4 Å². The molecule has 21 heavy (non-hydrogen) atoms. The molecule has 0 heterocycles. The third-order valence-corrected chi connectivity index (χ3v) is 3.31. The first-order valence-corrected chi connectivity index (χ1v) is 7.25. The lowest BCUT2D eigenvalue weighted by molar-refractivity contribution is -0.141. The summed E-state index contributed by atoms with van der Waals surface area (Å²) in [5.74, 6) is -1.22. The van der Waals surface area contributed by atoms with Crippen LogP contribution in [0.5, 0.6) is 0 Å². The summed E-state index contributed by atoms with van der Waals surface area (Å²) < 4.78 is 0. The van der Waals surface area contributed by atoms with Gasteiger partial charge in [-0.25, -0.2) is 0 Å². The number of carboxylic acids is 1. The molecule has 0 saturated heterocycles. The van der Waals surface area contributed by atoms with Crippen LogP contribution in [0.2, 0.25) is 0 Å². The fourth-order valence-corrected chi connectivity index (χ4v) is 1.95. The zero-order valence-electron chi connectivity index (χ0n) is 12.6. The zero-order chi connectivity index (χ0) is 15.7. The Morgan fingerprint density at radius 3 is 2.48 bits per heavy atom. The van der Waals surface area contributed by atoms with E-state index in [4.69, 9.17) is 5.11 Å². The lowest BCUT2D eigenvalue weighted by Gasteiger charge is -2.13. The number of carboxylic acid groups (broad SMARTS) is 1. The van der Waals surface area contributed by atoms with E-state index in [1.807, 2.05) is 37.3 Å². The predicted octanol–water partition coefficient (Wildman–Crippen LogP) is 3.10. The van der Waals surface area contributed by atoms with Crippen LogP contribution in [0.25, 0.3) is 6.08 Å². The summed E-state index contributed by atoms with van der Waals surface area (Å²) in [5.41, 5.74) is 0.982. The largest absolute Gasteiger partial charge is 0.481 e. The molecule has 1 aromatic rings. The van der Waals surface area contributed by atoms with E-state index in [1.165, 1.54) is 6.08 Å². The van der Waals surface area contributed by atoms with Gasteiger partial charge in [-0.1, -0.05) is 43.7 Å². The fourth-order valence-electron chi connectivity index (χ4n) is 1.95. The number of hydrogen-bond donors (Lipinski definition) is 2. The van der Waals surface area contributed by atoms with E-state index >= 15 is 0 Å². The van der Waals surface area contributed by atoms with E-state index in [0.717, 1.165) is 18.4 Å². The first-order valence-electron chi connectivity index (χ1n) is 7.25. The van der Waals surface area contributed by atoms with Crippen molar-refractivity contribution >= 4 is 18.0 Å². The minimum atomic E-state index is -0.766. The molecule has 0 aromatic heterocycles. The molecule has 0 aliphatic rings. The number of rotatable bonds is 8. The summed E-state index contributed by atoms with van der Waals surface area (Å²) in [4.78, 5) is 22.4. The van der Waals surface area contributed by atoms with Gasteiger partial charge in [0.1, 0.15) is 0 Å². The van der Waals surface area contributed by atoms with Crippen molar-refractivity contribution < 1.29 is 14.7 Å². The lowest BCUT2D eigenvalue weighted by atomic mass is 10.0. The van der Waals surface area contributed by atoms with E-state index in [2.05, 4.69) is 5.32 Å². The van der Waals surface area contributed by atoms with Crippen LogP contribution in [0.1, 0.15) is 38.7 Å². The van der Waals surface area contributed by atoms with Gasteiger partial charge in [-0.3, -0.25) is 9.59 Å². The molecule has 0 radical (unpaired) electrons.